The van der Waals surface area contributed by atoms with E-state index in [0.717, 1.165) is 5.69 Å². The highest BCUT2D eigenvalue weighted by molar-refractivity contribution is 5.18. The van der Waals surface area contributed by atoms with Crippen LogP contribution < -0.4 is 0 Å². The van der Waals surface area contributed by atoms with Gasteiger partial charge in [0.05, 0.1) is 5.69 Å². The molecule has 0 aromatic carbocycles. The first kappa shape index (κ1) is 7.32. The molecule has 0 atom stereocenters. The molecule has 0 fully saturated rings. The largest absolute Gasteiger partial charge is 0.275 e. The van der Waals surface area contributed by atoms with Crippen LogP contribution in [0.15, 0.2) is 6.20 Å². The molecule has 0 saturated heterocycles. The van der Waals surface area contributed by atoms with E-state index in [2.05, 4.69) is 32.1 Å². The first-order valence-electron chi connectivity index (χ1n) is 3.61. The van der Waals surface area contributed by atoms with Gasteiger partial charge in [-0.2, -0.15) is 5.10 Å². The SMILES string of the molecule is Cc1nn(C)cc1C(C)C. The summed E-state index contributed by atoms with van der Waals surface area (Å²) in [7, 11) is 1.96. The molecule has 1 rings (SSSR count). The molecule has 0 aliphatic rings. The van der Waals surface area contributed by atoms with Gasteiger partial charge in [-0.25, -0.2) is 0 Å². The summed E-state index contributed by atoms with van der Waals surface area (Å²) in [5, 5.41) is 4.25. The van der Waals surface area contributed by atoms with E-state index in [1.165, 1.54) is 5.56 Å². The highest BCUT2D eigenvalue weighted by atomic mass is 15.2. The highest BCUT2D eigenvalue weighted by Crippen LogP contribution is 2.16. The third-order valence-electron chi connectivity index (χ3n) is 1.67. The molecule has 2 heteroatoms. The van der Waals surface area contributed by atoms with Crippen LogP contribution in [0.3, 0.4) is 0 Å². The predicted molar refractivity (Wildman–Crippen MR) is 42.0 cm³/mol. The van der Waals surface area contributed by atoms with Gasteiger partial charge in [-0.1, -0.05) is 13.8 Å². The lowest BCUT2D eigenvalue weighted by Gasteiger charge is -1.99. The summed E-state index contributed by atoms with van der Waals surface area (Å²) >= 11 is 0. The van der Waals surface area contributed by atoms with Crippen molar-refractivity contribution < 1.29 is 0 Å². The van der Waals surface area contributed by atoms with Crippen LogP contribution in [0, 0.1) is 6.92 Å². The molecule has 0 radical (unpaired) electrons. The second-order valence-corrected chi connectivity index (χ2v) is 3.00. The summed E-state index contributed by atoms with van der Waals surface area (Å²) in [6.45, 7) is 6.42. The smallest absolute Gasteiger partial charge is 0.0628 e. The van der Waals surface area contributed by atoms with Gasteiger partial charge in [0.25, 0.3) is 0 Å². The Morgan fingerprint density at radius 1 is 1.50 bits per heavy atom. The zero-order valence-electron chi connectivity index (χ0n) is 7.05. The normalized spacial score (nSPS) is 10.9. The number of aryl methyl sites for hydroxylation is 2. The molecule has 1 aromatic heterocycles. The van der Waals surface area contributed by atoms with E-state index in [4.69, 9.17) is 0 Å². The molecule has 0 aliphatic carbocycles. The summed E-state index contributed by atoms with van der Waals surface area (Å²) in [6.07, 6.45) is 2.08. The van der Waals surface area contributed by atoms with Crippen LogP contribution in [0.2, 0.25) is 0 Å². The first-order chi connectivity index (χ1) is 4.61. The fourth-order valence-electron chi connectivity index (χ4n) is 1.18. The lowest BCUT2D eigenvalue weighted by Crippen LogP contribution is -1.86. The predicted octanol–water partition coefficient (Wildman–Crippen LogP) is 1.85. The summed E-state index contributed by atoms with van der Waals surface area (Å²) in [5.74, 6) is 0.591. The van der Waals surface area contributed by atoms with Crippen molar-refractivity contribution in [2.24, 2.45) is 7.05 Å². The van der Waals surface area contributed by atoms with Crippen LogP contribution >= 0.6 is 0 Å². The van der Waals surface area contributed by atoms with Crippen molar-refractivity contribution in [3.63, 3.8) is 0 Å². The van der Waals surface area contributed by atoms with E-state index in [0.29, 0.717) is 5.92 Å². The van der Waals surface area contributed by atoms with Crippen molar-refractivity contribution in [3.8, 4) is 0 Å². The molecule has 2 nitrogen and oxygen atoms in total. The third-order valence-corrected chi connectivity index (χ3v) is 1.67. The van der Waals surface area contributed by atoms with E-state index < -0.39 is 0 Å². The topological polar surface area (TPSA) is 17.8 Å². The summed E-state index contributed by atoms with van der Waals surface area (Å²) in [4.78, 5) is 0. The maximum atomic E-state index is 4.25. The molecule has 0 amide bonds. The Labute approximate surface area is 61.9 Å². The molecule has 1 aromatic rings. The van der Waals surface area contributed by atoms with E-state index in [1.807, 2.05) is 11.7 Å². The van der Waals surface area contributed by atoms with Crippen molar-refractivity contribution in [2.75, 3.05) is 0 Å². The van der Waals surface area contributed by atoms with Crippen LogP contribution in [-0.2, 0) is 7.05 Å². The zero-order valence-corrected chi connectivity index (χ0v) is 7.05. The molecule has 0 unspecified atom stereocenters. The molecular weight excluding hydrogens is 124 g/mol. The van der Waals surface area contributed by atoms with Crippen molar-refractivity contribution in [2.45, 2.75) is 26.7 Å². The molecule has 10 heavy (non-hydrogen) atoms. The molecule has 56 valence electrons. The standard InChI is InChI=1S/C8H14N2/c1-6(2)8-5-10(4)9-7(8)3/h5-6H,1-4H3. The van der Waals surface area contributed by atoms with Gasteiger partial charge in [-0.15, -0.1) is 0 Å². The van der Waals surface area contributed by atoms with Crippen LogP contribution in [0.4, 0.5) is 0 Å². The average molecular weight is 138 g/mol. The molecule has 0 bridgehead atoms. The van der Waals surface area contributed by atoms with Crippen molar-refractivity contribution >= 4 is 0 Å². The minimum absolute atomic E-state index is 0.591. The zero-order chi connectivity index (χ0) is 7.72. The van der Waals surface area contributed by atoms with E-state index in [1.54, 1.807) is 0 Å². The maximum absolute atomic E-state index is 4.25. The van der Waals surface area contributed by atoms with Crippen LogP contribution in [0.5, 0.6) is 0 Å². The lowest BCUT2D eigenvalue weighted by molar-refractivity contribution is 0.756. The van der Waals surface area contributed by atoms with Gasteiger partial charge in [-0.3, -0.25) is 4.68 Å². The minimum atomic E-state index is 0.591. The molecule has 0 saturated carbocycles. The number of aromatic nitrogens is 2. The Bertz CT molecular complexity index is 223. The van der Waals surface area contributed by atoms with Gasteiger partial charge in [0.1, 0.15) is 0 Å². The Morgan fingerprint density at radius 2 is 2.10 bits per heavy atom. The maximum Gasteiger partial charge on any atom is 0.0628 e. The monoisotopic (exact) mass is 138 g/mol. The Balaban J connectivity index is 3.03. The van der Waals surface area contributed by atoms with Crippen molar-refractivity contribution in [1.82, 2.24) is 9.78 Å². The second kappa shape index (κ2) is 2.45. The van der Waals surface area contributed by atoms with Gasteiger partial charge in [-0.05, 0) is 18.4 Å². The van der Waals surface area contributed by atoms with Crippen LogP contribution in [-0.4, -0.2) is 9.78 Å². The third kappa shape index (κ3) is 1.20. The Kier molecular flexibility index (Phi) is 1.79. The quantitative estimate of drug-likeness (QED) is 0.579. The van der Waals surface area contributed by atoms with Gasteiger partial charge in [0.2, 0.25) is 0 Å². The Morgan fingerprint density at radius 3 is 2.30 bits per heavy atom. The number of hydrogen-bond acceptors (Lipinski definition) is 1. The molecular formula is C8H14N2. The van der Waals surface area contributed by atoms with Crippen molar-refractivity contribution in [1.29, 1.82) is 0 Å². The summed E-state index contributed by atoms with van der Waals surface area (Å²) in [5.41, 5.74) is 2.50. The fourth-order valence-corrected chi connectivity index (χ4v) is 1.18. The van der Waals surface area contributed by atoms with Gasteiger partial charge >= 0.3 is 0 Å². The summed E-state index contributed by atoms with van der Waals surface area (Å²) in [6, 6.07) is 0. The van der Waals surface area contributed by atoms with Gasteiger partial charge in [0, 0.05) is 13.2 Å². The van der Waals surface area contributed by atoms with Crippen LogP contribution in [0.25, 0.3) is 0 Å². The second-order valence-electron chi connectivity index (χ2n) is 3.00. The molecule has 1 heterocycles. The fraction of sp³-hybridized carbons (Fsp3) is 0.625. The van der Waals surface area contributed by atoms with Crippen LogP contribution in [0.1, 0.15) is 31.0 Å². The molecule has 0 N–H and O–H groups in total. The molecule has 0 spiro atoms. The first-order valence-corrected chi connectivity index (χ1v) is 3.61. The number of nitrogens with zero attached hydrogens (tertiary/aromatic N) is 2. The Hall–Kier alpha value is -0.790. The summed E-state index contributed by atoms with van der Waals surface area (Å²) < 4.78 is 1.87. The van der Waals surface area contributed by atoms with Crippen molar-refractivity contribution in [3.05, 3.63) is 17.5 Å². The van der Waals surface area contributed by atoms with Gasteiger partial charge < -0.3 is 0 Å². The minimum Gasteiger partial charge on any atom is -0.275 e. The highest BCUT2D eigenvalue weighted by Gasteiger charge is 2.05. The number of rotatable bonds is 1. The van der Waals surface area contributed by atoms with E-state index in [-0.39, 0.29) is 0 Å². The molecule has 0 aliphatic heterocycles. The van der Waals surface area contributed by atoms with E-state index >= 15 is 0 Å². The van der Waals surface area contributed by atoms with E-state index in [9.17, 15) is 0 Å². The van der Waals surface area contributed by atoms with Gasteiger partial charge in [0.15, 0.2) is 0 Å². The number of hydrogen-bond donors (Lipinski definition) is 0. The average Bonchev–Trinajstić information content (AvgIpc) is 2.10. The lowest BCUT2D eigenvalue weighted by atomic mass is 10.1.